The molecule has 2 rings (SSSR count). The minimum absolute atomic E-state index is 0.0962. The number of carboxylic acid groups (broad SMARTS) is 1. The lowest BCUT2D eigenvalue weighted by molar-refractivity contribution is -0.143. The van der Waals surface area contributed by atoms with Gasteiger partial charge in [0.2, 0.25) is 11.8 Å². The molecule has 1 aromatic rings. The molecule has 2 atom stereocenters. The molecule has 2 amide bonds. The standard InChI is InChI=1S/C18H24N2O6/c1-11(18(23)24)9-19(2)17(22)12-7-16(21)20(10-12)13-5-6-14(25-3)15(8-13)26-4/h5-6,8,11-12H,7,9-10H2,1-4H3,(H,23,24)/t11-,12-/m1/s1. The fraction of sp³-hybridized carbons (Fsp3) is 0.500. The van der Waals surface area contributed by atoms with Gasteiger partial charge in [0.05, 0.1) is 26.1 Å². The summed E-state index contributed by atoms with van der Waals surface area (Å²) >= 11 is 0. The lowest BCUT2D eigenvalue weighted by Gasteiger charge is -2.23. The van der Waals surface area contributed by atoms with Crippen LogP contribution in [-0.4, -0.2) is 62.1 Å². The third kappa shape index (κ3) is 4.07. The van der Waals surface area contributed by atoms with E-state index in [0.717, 1.165) is 0 Å². The Morgan fingerprint density at radius 1 is 1.31 bits per heavy atom. The van der Waals surface area contributed by atoms with Crippen LogP contribution in [0.15, 0.2) is 18.2 Å². The first kappa shape index (κ1) is 19.6. The molecule has 0 saturated carbocycles. The Hall–Kier alpha value is -2.77. The first-order chi connectivity index (χ1) is 12.3. The van der Waals surface area contributed by atoms with Gasteiger partial charge in [-0.3, -0.25) is 14.4 Å². The van der Waals surface area contributed by atoms with E-state index in [9.17, 15) is 14.4 Å². The van der Waals surface area contributed by atoms with Crippen molar-refractivity contribution in [2.45, 2.75) is 13.3 Å². The summed E-state index contributed by atoms with van der Waals surface area (Å²) < 4.78 is 10.4. The molecule has 8 nitrogen and oxygen atoms in total. The van der Waals surface area contributed by atoms with Crippen molar-refractivity contribution in [1.29, 1.82) is 0 Å². The molecule has 8 heteroatoms. The van der Waals surface area contributed by atoms with Crippen molar-refractivity contribution in [2.24, 2.45) is 11.8 Å². The second kappa shape index (κ2) is 8.07. The predicted molar refractivity (Wildman–Crippen MR) is 94.4 cm³/mol. The van der Waals surface area contributed by atoms with E-state index in [-0.39, 0.29) is 31.3 Å². The van der Waals surface area contributed by atoms with Crippen LogP contribution >= 0.6 is 0 Å². The van der Waals surface area contributed by atoms with E-state index in [1.807, 2.05) is 0 Å². The van der Waals surface area contributed by atoms with Gasteiger partial charge in [0.15, 0.2) is 11.5 Å². The van der Waals surface area contributed by atoms with Gasteiger partial charge in [0.25, 0.3) is 0 Å². The Labute approximate surface area is 152 Å². The first-order valence-electron chi connectivity index (χ1n) is 8.28. The molecular formula is C18H24N2O6. The van der Waals surface area contributed by atoms with E-state index in [1.165, 1.54) is 19.1 Å². The number of hydrogen-bond donors (Lipinski definition) is 1. The van der Waals surface area contributed by atoms with Gasteiger partial charge in [-0.2, -0.15) is 0 Å². The summed E-state index contributed by atoms with van der Waals surface area (Å²) in [6.45, 7) is 1.90. The van der Waals surface area contributed by atoms with Crippen LogP contribution in [0, 0.1) is 11.8 Å². The SMILES string of the molecule is COc1ccc(N2C[C@H](C(=O)N(C)C[C@@H](C)C(=O)O)CC2=O)cc1OC. The van der Waals surface area contributed by atoms with E-state index >= 15 is 0 Å². The van der Waals surface area contributed by atoms with Crippen LogP contribution in [-0.2, 0) is 14.4 Å². The number of carboxylic acids is 1. The third-order valence-electron chi connectivity index (χ3n) is 4.50. The molecule has 1 saturated heterocycles. The number of carbonyl (C=O) groups is 3. The summed E-state index contributed by atoms with van der Waals surface area (Å²) in [6.07, 6.45) is 0.0962. The van der Waals surface area contributed by atoms with Crippen molar-refractivity contribution in [2.75, 3.05) is 39.3 Å². The lowest BCUT2D eigenvalue weighted by Crippen LogP contribution is -2.38. The smallest absolute Gasteiger partial charge is 0.308 e. The Bertz CT molecular complexity index is 705. The fourth-order valence-electron chi connectivity index (χ4n) is 3.01. The number of methoxy groups -OCH3 is 2. The molecule has 1 N–H and O–H groups in total. The second-order valence-electron chi connectivity index (χ2n) is 6.40. The van der Waals surface area contributed by atoms with Gasteiger partial charge in [-0.25, -0.2) is 0 Å². The molecule has 142 valence electrons. The monoisotopic (exact) mass is 364 g/mol. The summed E-state index contributed by atoms with van der Waals surface area (Å²) in [4.78, 5) is 38.8. The summed E-state index contributed by atoms with van der Waals surface area (Å²) in [5.74, 6) is -1.45. The van der Waals surface area contributed by atoms with Crippen LogP contribution in [0.5, 0.6) is 11.5 Å². The van der Waals surface area contributed by atoms with E-state index in [1.54, 1.807) is 37.1 Å². The van der Waals surface area contributed by atoms with Gasteiger partial charge in [-0.1, -0.05) is 6.92 Å². The topological polar surface area (TPSA) is 96.4 Å². The van der Waals surface area contributed by atoms with E-state index < -0.39 is 17.8 Å². The van der Waals surface area contributed by atoms with Crippen molar-refractivity contribution < 1.29 is 29.0 Å². The zero-order valence-electron chi connectivity index (χ0n) is 15.4. The number of carbonyl (C=O) groups excluding carboxylic acids is 2. The minimum atomic E-state index is -0.959. The predicted octanol–water partition coefficient (Wildman–Crippen LogP) is 1.24. The molecule has 1 fully saturated rings. The van der Waals surface area contributed by atoms with Crippen LogP contribution in [0.2, 0.25) is 0 Å². The molecule has 0 unspecified atom stereocenters. The number of nitrogens with zero attached hydrogens (tertiary/aromatic N) is 2. The first-order valence-corrected chi connectivity index (χ1v) is 8.28. The molecule has 1 heterocycles. The quantitative estimate of drug-likeness (QED) is 0.782. The highest BCUT2D eigenvalue weighted by molar-refractivity contribution is 6.00. The van der Waals surface area contributed by atoms with Crippen LogP contribution in [0.25, 0.3) is 0 Å². The summed E-state index contributed by atoms with van der Waals surface area (Å²) in [6, 6.07) is 5.14. The maximum atomic E-state index is 12.6. The molecule has 1 aliphatic rings. The van der Waals surface area contributed by atoms with Crippen LogP contribution in [0.1, 0.15) is 13.3 Å². The second-order valence-corrected chi connectivity index (χ2v) is 6.40. The van der Waals surface area contributed by atoms with Gasteiger partial charge in [-0.05, 0) is 12.1 Å². The van der Waals surface area contributed by atoms with Gasteiger partial charge < -0.3 is 24.4 Å². The number of anilines is 1. The Kier molecular flexibility index (Phi) is 6.07. The minimum Gasteiger partial charge on any atom is -0.493 e. The highest BCUT2D eigenvalue weighted by Crippen LogP contribution is 2.34. The fourth-order valence-corrected chi connectivity index (χ4v) is 3.01. The van der Waals surface area contributed by atoms with Gasteiger partial charge in [0, 0.05) is 38.3 Å². The summed E-state index contributed by atoms with van der Waals surface area (Å²) in [5, 5.41) is 8.98. The lowest BCUT2D eigenvalue weighted by atomic mass is 10.1. The van der Waals surface area contributed by atoms with E-state index in [2.05, 4.69) is 0 Å². The number of rotatable bonds is 7. The molecule has 1 aromatic carbocycles. The van der Waals surface area contributed by atoms with Crippen LogP contribution in [0.4, 0.5) is 5.69 Å². The summed E-state index contributed by atoms with van der Waals surface area (Å²) in [5.41, 5.74) is 0.629. The molecule has 0 spiro atoms. The van der Waals surface area contributed by atoms with Crippen molar-refractivity contribution in [3.63, 3.8) is 0 Å². The number of ether oxygens (including phenoxy) is 2. The zero-order valence-corrected chi connectivity index (χ0v) is 15.4. The molecule has 0 aromatic heterocycles. The van der Waals surface area contributed by atoms with E-state index in [4.69, 9.17) is 14.6 Å². The molecule has 0 aliphatic carbocycles. The van der Waals surface area contributed by atoms with Crippen molar-refractivity contribution in [3.8, 4) is 11.5 Å². The van der Waals surface area contributed by atoms with Crippen molar-refractivity contribution in [1.82, 2.24) is 4.90 Å². The van der Waals surface area contributed by atoms with Crippen LogP contribution < -0.4 is 14.4 Å². The maximum absolute atomic E-state index is 12.6. The average molecular weight is 364 g/mol. The highest BCUT2D eigenvalue weighted by atomic mass is 16.5. The normalized spacial score (nSPS) is 17.8. The van der Waals surface area contributed by atoms with Crippen LogP contribution in [0.3, 0.4) is 0 Å². The highest BCUT2D eigenvalue weighted by Gasteiger charge is 2.37. The van der Waals surface area contributed by atoms with E-state index in [0.29, 0.717) is 17.2 Å². The molecule has 26 heavy (non-hydrogen) atoms. The zero-order chi connectivity index (χ0) is 19.4. The van der Waals surface area contributed by atoms with Gasteiger partial charge in [0.1, 0.15) is 0 Å². The summed E-state index contributed by atoms with van der Waals surface area (Å²) in [7, 11) is 4.60. The van der Waals surface area contributed by atoms with Gasteiger partial charge in [-0.15, -0.1) is 0 Å². The third-order valence-corrected chi connectivity index (χ3v) is 4.50. The van der Waals surface area contributed by atoms with Crippen molar-refractivity contribution in [3.05, 3.63) is 18.2 Å². The Balaban J connectivity index is 2.10. The molecule has 0 bridgehead atoms. The molecule has 1 aliphatic heterocycles. The Morgan fingerprint density at radius 3 is 2.54 bits per heavy atom. The molecular weight excluding hydrogens is 340 g/mol. The Morgan fingerprint density at radius 2 is 1.96 bits per heavy atom. The van der Waals surface area contributed by atoms with Gasteiger partial charge >= 0.3 is 5.97 Å². The number of aliphatic carboxylic acids is 1. The molecule has 0 radical (unpaired) electrons. The number of hydrogen-bond acceptors (Lipinski definition) is 5. The maximum Gasteiger partial charge on any atom is 0.308 e. The number of amides is 2. The average Bonchev–Trinajstić information content (AvgIpc) is 3.01. The largest absolute Gasteiger partial charge is 0.493 e. The number of benzene rings is 1. The van der Waals surface area contributed by atoms with Crippen molar-refractivity contribution >= 4 is 23.5 Å².